The van der Waals surface area contributed by atoms with Gasteiger partial charge in [0.1, 0.15) is 5.75 Å². The lowest BCUT2D eigenvalue weighted by Gasteiger charge is -2.08. The van der Waals surface area contributed by atoms with Crippen molar-refractivity contribution in [1.82, 2.24) is 0 Å². The van der Waals surface area contributed by atoms with Crippen molar-refractivity contribution in [3.8, 4) is 16.9 Å². The summed E-state index contributed by atoms with van der Waals surface area (Å²) in [7, 11) is 0. The monoisotopic (exact) mass is 428 g/mol. The Morgan fingerprint density at radius 2 is 1.09 bits per heavy atom. The summed E-state index contributed by atoms with van der Waals surface area (Å²) in [6.45, 7) is 4.44. The molecule has 2 heteroatoms. The van der Waals surface area contributed by atoms with Crippen molar-refractivity contribution in [2.24, 2.45) is 0 Å². The van der Waals surface area contributed by atoms with Crippen molar-refractivity contribution in [2.75, 3.05) is 0 Å². The molecule has 0 aliphatic heterocycles. The van der Waals surface area contributed by atoms with Crippen LogP contribution in [0.25, 0.3) is 11.1 Å². The van der Waals surface area contributed by atoms with Crippen LogP contribution in [0.5, 0.6) is 5.75 Å². The molecule has 0 aromatic heterocycles. The highest BCUT2D eigenvalue weighted by molar-refractivity contribution is 5.91. The zero-order chi connectivity index (χ0) is 22.6. The van der Waals surface area contributed by atoms with E-state index in [2.05, 4.69) is 38.1 Å². The zero-order valence-electron chi connectivity index (χ0n) is 19.6. The maximum Gasteiger partial charge on any atom is 0.343 e. The molecule has 0 saturated carbocycles. The molecule has 0 heterocycles. The number of ether oxygens (including phenoxy) is 1. The number of unbranched alkanes of at least 4 members (excludes halogenated alkanes) is 5. The van der Waals surface area contributed by atoms with Gasteiger partial charge in [-0.25, -0.2) is 4.79 Å². The molecule has 0 radical (unpaired) electrons. The molecule has 0 amide bonds. The minimum atomic E-state index is -0.317. The van der Waals surface area contributed by atoms with Crippen molar-refractivity contribution < 1.29 is 9.53 Å². The number of carbonyl (C=O) groups is 1. The molecule has 0 spiro atoms. The van der Waals surface area contributed by atoms with Crippen molar-refractivity contribution in [3.05, 3.63) is 89.5 Å². The number of esters is 1. The first-order valence-corrected chi connectivity index (χ1v) is 12.2. The van der Waals surface area contributed by atoms with Crippen molar-refractivity contribution >= 4 is 5.97 Å². The van der Waals surface area contributed by atoms with Crippen molar-refractivity contribution in [2.45, 2.75) is 71.6 Å². The van der Waals surface area contributed by atoms with E-state index in [-0.39, 0.29) is 5.97 Å². The maximum atomic E-state index is 12.5. The van der Waals surface area contributed by atoms with Gasteiger partial charge in [-0.3, -0.25) is 0 Å². The Labute approximate surface area is 193 Å². The largest absolute Gasteiger partial charge is 0.423 e. The van der Waals surface area contributed by atoms with Gasteiger partial charge in [-0.15, -0.1) is 0 Å². The van der Waals surface area contributed by atoms with Gasteiger partial charge in [0.05, 0.1) is 5.56 Å². The molecule has 168 valence electrons. The third kappa shape index (κ3) is 7.37. The highest BCUT2D eigenvalue weighted by atomic mass is 16.5. The van der Waals surface area contributed by atoms with Gasteiger partial charge >= 0.3 is 5.97 Å². The number of benzene rings is 3. The predicted octanol–water partition coefficient (Wildman–Crippen LogP) is 8.43. The number of carbonyl (C=O) groups excluding carboxylic acids is 1. The van der Waals surface area contributed by atoms with Crippen LogP contribution in [-0.4, -0.2) is 5.97 Å². The van der Waals surface area contributed by atoms with Gasteiger partial charge in [0.25, 0.3) is 0 Å². The Morgan fingerprint density at radius 3 is 1.69 bits per heavy atom. The van der Waals surface area contributed by atoms with E-state index < -0.39 is 0 Å². The van der Waals surface area contributed by atoms with Crippen molar-refractivity contribution in [1.29, 1.82) is 0 Å². The third-order valence-corrected chi connectivity index (χ3v) is 5.93. The third-order valence-electron chi connectivity index (χ3n) is 5.93. The van der Waals surface area contributed by atoms with Crippen LogP contribution in [0.3, 0.4) is 0 Å². The van der Waals surface area contributed by atoms with Crippen molar-refractivity contribution in [3.63, 3.8) is 0 Å². The second-order valence-electron chi connectivity index (χ2n) is 8.58. The van der Waals surface area contributed by atoms with Gasteiger partial charge in [0, 0.05) is 0 Å². The van der Waals surface area contributed by atoms with Gasteiger partial charge in [-0.2, -0.15) is 0 Å². The van der Waals surface area contributed by atoms with E-state index in [0.717, 1.165) is 24.8 Å². The summed E-state index contributed by atoms with van der Waals surface area (Å²) in [6, 6.07) is 24.3. The Morgan fingerprint density at radius 1 is 0.594 bits per heavy atom. The summed E-state index contributed by atoms with van der Waals surface area (Å²) >= 11 is 0. The van der Waals surface area contributed by atoms with Crippen LogP contribution in [0.15, 0.2) is 72.8 Å². The van der Waals surface area contributed by atoms with E-state index in [0.29, 0.717) is 11.3 Å². The smallest absolute Gasteiger partial charge is 0.343 e. The van der Waals surface area contributed by atoms with E-state index in [1.165, 1.54) is 55.2 Å². The highest BCUT2D eigenvalue weighted by Crippen LogP contribution is 2.24. The fourth-order valence-electron chi connectivity index (χ4n) is 3.87. The van der Waals surface area contributed by atoms with Crippen LogP contribution in [-0.2, 0) is 12.8 Å². The first-order valence-electron chi connectivity index (χ1n) is 12.2. The average molecular weight is 429 g/mol. The van der Waals surface area contributed by atoms with E-state index in [4.69, 9.17) is 4.74 Å². The van der Waals surface area contributed by atoms with Gasteiger partial charge in [-0.05, 0) is 72.2 Å². The van der Waals surface area contributed by atoms with Crippen LogP contribution in [0.1, 0.15) is 80.3 Å². The normalized spacial score (nSPS) is 10.8. The number of aryl methyl sites for hydroxylation is 2. The van der Waals surface area contributed by atoms with Crippen LogP contribution in [0, 0.1) is 0 Å². The highest BCUT2D eigenvalue weighted by Gasteiger charge is 2.09. The molecule has 3 rings (SSSR count). The van der Waals surface area contributed by atoms with Gasteiger partial charge in [0.15, 0.2) is 0 Å². The molecule has 0 unspecified atom stereocenters. The van der Waals surface area contributed by atoms with Crippen LogP contribution >= 0.6 is 0 Å². The lowest BCUT2D eigenvalue weighted by molar-refractivity contribution is 0.0735. The first kappa shape index (κ1) is 23.8. The van der Waals surface area contributed by atoms with E-state index in [9.17, 15) is 4.79 Å². The van der Waals surface area contributed by atoms with Gasteiger partial charge in [0.2, 0.25) is 0 Å². The summed E-state index contributed by atoms with van der Waals surface area (Å²) in [5.41, 5.74) is 5.55. The second-order valence-corrected chi connectivity index (χ2v) is 8.58. The van der Waals surface area contributed by atoms with E-state index in [1.807, 2.05) is 48.5 Å². The molecule has 3 aromatic carbocycles. The zero-order valence-corrected chi connectivity index (χ0v) is 19.6. The van der Waals surface area contributed by atoms with Crippen LogP contribution in [0.2, 0.25) is 0 Å². The molecular formula is C30H36O2. The second kappa shape index (κ2) is 12.9. The molecule has 0 aliphatic rings. The summed E-state index contributed by atoms with van der Waals surface area (Å²) in [5, 5.41) is 0. The predicted molar refractivity (Wildman–Crippen MR) is 134 cm³/mol. The topological polar surface area (TPSA) is 26.3 Å². The first-order chi connectivity index (χ1) is 15.7. The fourth-order valence-corrected chi connectivity index (χ4v) is 3.87. The minimum absolute atomic E-state index is 0.317. The molecule has 0 bridgehead atoms. The summed E-state index contributed by atoms with van der Waals surface area (Å²) in [5.74, 6) is 0.251. The average Bonchev–Trinajstić information content (AvgIpc) is 2.84. The minimum Gasteiger partial charge on any atom is -0.423 e. The van der Waals surface area contributed by atoms with Gasteiger partial charge in [-0.1, -0.05) is 94.5 Å². The summed E-state index contributed by atoms with van der Waals surface area (Å²) in [6.07, 6.45) is 11.1. The number of rotatable bonds is 12. The maximum absolute atomic E-state index is 12.5. The summed E-state index contributed by atoms with van der Waals surface area (Å²) in [4.78, 5) is 12.5. The number of hydrogen-bond donors (Lipinski definition) is 0. The molecule has 0 saturated heterocycles. The fraction of sp³-hybridized carbons (Fsp3) is 0.367. The van der Waals surface area contributed by atoms with Crippen LogP contribution < -0.4 is 4.74 Å². The lowest BCUT2D eigenvalue weighted by Crippen LogP contribution is -2.08. The van der Waals surface area contributed by atoms with E-state index in [1.54, 1.807) is 0 Å². The SMILES string of the molecule is CCCCCCCc1ccc(-c2ccc(OC(=O)c3ccc(CCCC)cc3)cc2)cc1. The Kier molecular flexibility index (Phi) is 9.56. The van der Waals surface area contributed by atoms with E-state index >= 15 is 0 Å². The Bertz CT molecular complexity index is 938. The molecule has 0 fully saturated rings. The molecule has 32 heavy (non-hydrogen) atoms. The molecule has 0 aliphatic carbocycles. The molecular weight excluding hydrogens is 392 g/mol. The lowest BCUT2D eigenvalue weighted by atomic mass is 10.0. The Balaban J connectivity index is 1.52. The molecule has 2 nitrogen and oxygen atoms in total. The van der Waals surface area contributed by atoms with Crippen LogP contribution in [0.4, 0.5) is 0 Å². The molecule has 3 aromatic rings. The molecule has 0 atom stereocenters. The Hall–Kier alpha value is -2.87. The van der Waals surface area contributed by atoms with Gasteiger partial charge < -0.3 is 4.74 Å². The summed E-state index contributed by atoms with van der Waals surface area (Å²) < 4.78 is 5.56. The number of hydrogen-bond acceptors (Lipinski definition) is 2. The quantitative estimate of drug-likeness (QED) is 0.164. The molecule has 0 N–H and O–H groups in total. The standard InChI is InChI=1S/C30H36O2/c1-3-5-7-8-9-11-25-12-16-26(17-13-25)27-20-22-29(23-21-27)32-30(31)28-18-14-24(15-19-28)10-6-4-2/h12-23H,3-11H2,1-2H3.